The largest absolute Gasteiger partial charge is 0.358 e. The van der Waals surface area contributed by atoms with Gasteiger partial charge >= 0.3 is 0 Å². The molecule has 0 heterocycles. The zero-order valence-corrected chi connectivity index (χ0v) is 5.20. The van der Waals surface area contributed by atoms with E-state index in [-0.39, 0.29) is 0 Å². The van der Waals surface area contributed by atoms with E-state index in [1.54, 1.807) is 0 Å². The number of hydrogen-bond donors (Lipinski definition) is 1. The molecule has 2 nitrogen and oxygen atoms in total. The van der Waals surface area contributed by atoms with E-state index in [1.165, 1.54) is 18.2 Å². The minimum atomic E-state index is -2.49. The summed E-state index contributed by atoms with van der Waals surface area (Å²) in [5.41, 5.74) is 0. The number of alkyl halides is 1. The maximum Gasteiger partial charge on any atom is 0.239 e. The second kappa shape index (κ2) is 2.34. The summed E-state index contributed by atoms with van der Waals surface area (Å²) in [6.07, 6.45) is 5.52. The third-order valence-electron chi connectivity index (χ3n) is 1.37. The zero-order chi connectivity index (χ0) is 7.61. The topological polar surface area (TPSA) is 37.3 Å². The highest BCUT2D eigenvalue weighted by atomic mass is 19.2. The predicted octanol–water partition coefficient (Wildman–Crippen LogP) is 0.586. The minimum Gasteiger partial charge on any atom is -0.358 e. The molecule has 0 aliphatic heterocycles. The summed E-state index contributed by atoms with van der Waals surface area (Å²) in [5.74, 6) is -3.55. The third-order valence-corrected chi connectivity index (χ3v) is 1.37. The Hall–Kier alpha value is -0.960. The van der Waals surface area contributed by atoms with Crippen molar-refractivity contribution in [2.24, 2.45) is 5.92 Å². The van der Waals surface area contributed by atoms with E-state index < -0.39 is 11.8 Å². The number of hydrogen-bond acceptors (Lipinski definition) is 2. The van der Waals surface area contributed by atoms with E-state index in [1.807, 2.05) is 0 Å². The highest BCUT2D eigenvalue weighted by Gasteiger charge is 2.33. The van der Waals surface area contributed by atoms with Crippen LogP contribution in [0.25, 0.3) is 0 Å². The number of carbonyl (C=O) groups excluding carboxylic acids is 1. The monoisotopic (exact) mass is 142 g/mol. The van der Waals surface area contributed by atoms with Crippen molar-refractivity contribution in [3.8, 4) is 0 Å². The van der Waals surface area contributed by atoms with E-state index in [0.717, 1.165) is 6.08 Å². The lowest BCUT2D eigenvalue weighted by Gasteiger charge is -2.20. The van der Waals surface area contributed by atoms with Gasteiger partial charge in [0.2, 0.25) is 5.85 Å². The molecule has 1 rings (SSSR count). The first-order valence-corrected chi connectivity index (χ1v) is 2.89. The fourth-order valence-corrected chi connectivity index (χ4v) is 0.761. The second-order valence-corrected chi connectivity index (χ2v) is 2.13. The Morgan fingerprint density at radius 3 is 2.70 bits per heavy atom. The van der Waals surface area contributed by atoms with Crippen LogP contribution in [0.3, 0.4) is 0 Å². The minimum absolute atomic E-state index is 0.375. The Morgan fingerprint density at radius 2 is 2.30 bits per heavy atom. The van der Waals surface area contributed by atoms with Gasteiger partial charge in [0.15, 0.2) is 0 Å². The van der Waals surface area contributed by atoms with Crippen LogP contribution < -0.4 is 0 Å². The zero-order valence-electron chi connectivity index (χ0n) is 5.20. The average Bonchev–Trinajstić information content (AvgIpc) is 1.87. The lowest BCUT2D eigenvalue weighted by molar-refractivity contribution is -0.125. The number of aldehydes is 1. The number of carbonyl (C=O) groups is 1. The van der Waals surface area contributed by atoms with E-state index >= 15 is 0 Å². The Morgan fingerprint density at radius 1 is 1.60 bits per heavy atom. The Balaban J connectivity index is 2.84. The van der Waals surface area contributed by atoms with Crippen LogP contribution in [-0.4, -0.2) is 17.2 Å². The number of aliphatic hydroxyl groups is 1. The molecule has 0 saturated carbocycles. The Labute approximate surface area is 57.7 Å². The van der Waals surface area contributed by atoms with Gasteiger partial charge < -0.3 is 9.90 Å². The molecule has 0 saturated heterocycles. The fraction of sp³-hybridized carbons (Fsp3) is 0.286. The maximum atomic E-state index is 12.7. The van der Waals surface area contributed by atoms with Gasteiger partial charge in [-0.2, -0.15) is 0 Å². The molecule has 0 aromatic heterocycles. The van der Waals surface area contributed by atoms with Gasteiger partial charge in [0.25, 0.3) is 0 Å². The van der Waals surface area contributed by atoms with Gasteiger partial charge in [-0.05, 0) is 6.08 Å². The molecule has 1 N–H and O–H groups in total. The summed E-state index contributed by atoms with van der Waals surface area (Å²) in [5, 5.41) is 8.80. The summed E-state index contributed by atoms with van der Waals surface area (Å²) in [6, 6.07) is 0. The van der Waals surface area contributed by atoms with Crippen molar-refractivity contribution in [2.75, 3.05) is 0 Å². The third kappa shape index (κ3) is 1.14. The summed E-state index contributed by atoms with van der Waals surface area (Å²) in [4.78, 5) is 10.1. The molecule has 2 unspecified atom stereocenters. The molecule has 0 radical (unpaired) electrons. The van der Waals surface area contributed by atoms with Crippen molar-refractivity contribution in [2.45, 2.75) is 5.85 Å². The Kier molecular flexibility index (Phi) is 1.68. The van der Waals surface area contributed by atoms with Crippen molar-refractivity contribution in [3.63, 3.8) is 0 Å². The molecule has 0 spiro atoms. The van der Waals surface area contributed by atoms with Gasteiger partial charge in [-0.1, -0.05) is 18.2 Å². The molecule has 10 heavy (non-hydrogen) atoms. The first-order valence-electron chi connectivity index (χ1n) is 2.89. The number of rotatable bonds is 1. The van der Waals surface area contributed by atoms with E-state index in [2.05, 4.69) is 0 Å². The van der Waals surface area contributed by atoms with Crippen molar-refractivity contribution >= 4 is 6.29 Å². The van der Waals surface area contributed by atoms with E-state index in [4.69, 9.17) is 5.11 Å². The normalized spacial score (nSPS) is 38.0. The second-order valence-electron chi connectivity index (χ2n) is 2.13. The van der Waals surface area contributed by atoms with Crippen LogP contribution in [0.15, 0.2) is 24.3 Å². The van der Waals surface area contributed by atoms with Crippen LogP contribution in [0.2, 0.25) is 0 Å². The molecule has 0 aromatic rings. The van der Waals surface area contributed by atoms with E-state index in [9.17, 15) is 9.18 Å². The maximum absolute atomic E-state index is 12.7. The molecule has 3 heteroatoms. The summed E-state index contributed by atoms with van der Waals surface area (Å²) >= 11 is 0. The van der Waals surface area contributed by atoms with Gasteiger partial charge in [-0.25, -0.2) is 4.39 Å². The van der Waals surface area contributed by atoms with Crippen molar-refractivity contribution in [1.82, 2.24) is 0 Å². The van der Waals surface area contributed by atoms with Crippen molar-refractivity contribution < 1.29 is 14.3 Å². The highest BCUT2D eigenvalue weighted by Crippen LogP contribution is 2.23. The molecule has 0 fully saturated rings. The van der Waals surface area contributed by atoms with Crippen LogP contribution in [0.5, 0.6) is 0 Å². The standard InChI is InChI=1S/C7H7FO2/c8-7(10)4-2-1-3-6(7)5-9/h1-6,10H. The SMILES string of the molecule is O=CC1C=CC=CC1(O)F. The quantitative estimate of drug-likeness (QED) is 0.544. The first-order chi connectivity index (χ1) is 4.67. The van der Waals surface area contributed by atoms with E-state index in [0.29, 0.717) is 6.29 Å². The molecule has 1 aliphatic carbocycles. The molecular formula is C7H7FO2. The van der Waals surface area contributed by atoms with Crippen LogP contribution in [-0.2, 0) is 4.79 Å². The summed E-state index contributed by atoms with van der Waals surface area (Å²) < 4.78 is 12.7. The van der Waals surface area contributed by atoms with Crippen LogP contribution in [0, 0.1) is 5.92 Å². The van der Waals surface area contributed by atoms with Gasteiger partial charge in [0.1, 0.15) is 6.29 Å². The highest BCUT2D eigenvalue weighted by molar-refractivity contribution is 5.60. The van der Waals surface area contributed by atoms with Crippen molar-refractivity contribution in [1.29, 1.82) is 0 Å². The molecule has 0 bridgehead atoms. The molecule has 0 aromatic carbocycles. The van der Waals surface area contributed by atoms with Gasteiger partial charge in [-0.15, -0.1) is 0 Å². The van der Waals surface area contributed by atoms with Gasteiger partial charge in [0, 0.05) is 0 Å². The predicted molar refractivity (Wildman–Crippen MR) is 33.9 cm³/mol. The van der Waals surface area contributed by atoms with Crippen molar-refractivity contribution in [3.05, 3.63) is 24.3 Å². The smallest absolute Gasteiger partial charge is 0.239 e. The summed E-state index contributed by atoms with van der Waals surface area (Å²) in [6.45, 7) is 0. The van der Waals surface area contributed by atoms with Crippen LogP contribution in [0.1, 0.15) is 0 Å². The Bertz CT molecular complexity index is 194. The first kappa shape index (κ1) is 7.15. The molecule has 0 amide bonds. The fourth-order valence-electron chi connectivity index (χ4n) is 0.761. The van der Waals surface area contributed by atoms with Gasteiger partial charge in [-0.3, -0.25) is 0 Å². The molecule has 54 valence electrons. The lowest BCUT2D eigenvalue weighted by atomic mass is 9.97. The summed E-state index contributed by atoms with van der Waals surface area (Å²) in [7, 11) is 0. The van der Waals surface area contributed by atoms with Crippen LogP contribution in [0.4, 0.5) is 4.39 Å². The molecule has 2 atom stereocenters. The number of allylic oxidation sites excluding steroid dienone is 2. The molecule has 1 aliphatic rings. The molecular weight excluding hydrogens is 135 g/mol. The lowest BCUT2D eigenvalue weighted by Crippen LogP contribution is -2.31. The van der Waals surface area contributed by atoms with Crippen LogP contribution >= 0.6 is 0 Å². The number of halogens is 1. The van der Waals surface area contributed by atoms with Gasteiger partial charge in [0.05, 0.1) is 5.92 Å². The average molecular weight is 142 g/mol.